The van der Waals surface area contributed by atoms with E-state index in [2.05, 4.69) is 10.2 Å². The van der Waals surface area contributed by atoms with Crippen molar-refractivity contribution in [2.75, 3.05) is 18.5 Å². The first kappa shape index (κ1) is 10.9. The molecule has 0 radical (unpaired) electrons. The number of aromatic carboxylic acids is 1. The molecule has 0 aliphatic heterocycles. The molecule has 0 aliphatic carbocycles. The Morgan fingerprint density at radius 3 is 2.53 bits per heavy atom. The first-order valence-corrected chi connectivity index (χ1v) is 4.07. The van der Waals surface area contributed by atoms with Gasteiger partial charge >= 0.3 is 5.97 Å². The fourth-order valence-corrected chi connectivity index (χ4v) is 0.958. The number of nitrogens with zero attached hydrogens (tertiary/aromatic N) is 3. The minimum absolute atomic E-state index is 0.00109. The molecule has 1 aromatic heterocycles. The number of likely N-dealkylation sites (N-methyl/N-ethyl adjacent to an activating group) is 1. The van der Waals surface area contributed by atoms with Crippen LogP contribution in [0.4, 0.5) is 5.82 Å². The SMILES string of the molecule is CN(CC(N)=O)c1ccc(C(=O)O)nn1. The van der Waals surface area contributed by atoms with E-state index in [0.29, 0.717) is 5.82 Å². The largest absolute Gasteiger partial charge is 0.476 e. The third-order valence-corrected chi connectivity index (χ3v) is 1.65. The van der Waals surface area contributed by atoms with Gasteiger partial charge in [0.2, 0.25) is 5.91 Å². The van der Waals surface area contributed by atoms with E-state index < -0.39 is 11.9 Å². The van der Waals surface area contributed by atoms with Gasteiger partial charge in [-0.05, 0) is 12.1 Å². The first-order chi connectivity index (χ1) is 7.00. The number of anilines is 1. The van der Waals surface area contributed by atoms with Gasteiger partial charge in [-0.15, -0.1) is 10.2 Å². The van der Waals surface area contributed by atoms with Crippen molar-refractivity contribution in [3.05, 3.63) is 17.8 Å². The lowest BCUT2D eigenvalue weighted by molar-refractivity contribution is -0.116. The second kappa shape index (κ2) is 4.36. The molecule has 15 heavy (non-hydrogen) atoms. The van der Waals surface area contributed by atoms with Crippen LogP contribution >= 0.6 is 0 Å². The fraction of sp³-hybridized carbons (Fsp3) is 0.250. The second-order valence-electron chi connectivity index (χ2n) is 2.90. The maximum atomic E-state index is 10.6. The highest BCUT2D eigenvalue weighted by molar-refractivity contribution is 5.85. The minimum Gasteiger partial charge on any atom is -0.476 e. The number of carboxylic acids is 1. The quantitative estimate of drug-likeness (QED) is 0.666. The Bertz CT molecular complexity index is 376. The maximum absolute atomic E-state index is 10.6. The van der Waals surface area contributed by atoms with Gasteiger partial charge in [-0.1, -0.05) is 0 Å². The maximum Gasteiger partial charge on any atom is 0.356 e. The monoisotopic (exact) mass is 210 g/mol. The molecule has 0 atom stereocenters. The predicted octanol–water partition coefficient (Wildman–Crippen LogP) is -0.904. The Hall–Kier alpha value is -2.18. The van der Waals surface area contributed by atoms with E-state index in [1.54, 1.807) is 7.05 Å². The molecule has 7 heteroatoms. The smallest absolute Gasteiger partial charge is 0.356 e. The van der Waals surface area contributed by atoms with Crippen LogP contribution in [0.3, 0.4) is 0 Å². The summed E-state index contributed by atoms with van der Waals surface area (Å²) >= 11 is 0. The number of primary amides is 1. The zero-order valence-electron chi connectivity index (χ0n) is 8.04. The highest BCUT2D eigenvalue weighted by atomic mass is 16.4. The molecule has 0 unspecified atom stereocenters. The van der Waals surface area contributed by atoms with Gasteiger partial charge < -0.3 is 15.7 Å². The molecule has 1 heterocycles. The van der Waals surface area contributed by atoms with Crippen LogP contribution in [0.1, 0.15) is 10.5 Å². The summed E-state index contributed by atoms with van der Waals surface area (Å²) in [5.41, 5.74) is 4.84. The summed E-state index contributed by atoms with van der Waals surface area (Å²) in [5.74, 6) is -1.26. The minimum atomic E-state index is -1.15. The molecule has 80 valence electrons. The number of carboxylic acid groups (broad SMARTS) is 1. The molecule has 1 amide bonds. The van der Waals surface area contributed by atoms with Crippen molar-refractivity contribution in [2.45, 2.75) is 0 Å². The van der Waals surface area contributed by atoms with Crippen molar-refractivity contribution in [3.63, 3.8) is 0 Å². The number of nitrogens with two attached hydrogens (primary N) is 1. The van der Waals surface area contributed by atoms with E-state index in [9.17, 15) is 9.59 Å². The third kappa shape index (κ3) is 2.90. The lowest BCUT2D eigenvalue weighted by Crippen LogP contribution is -2.31. The number of amides is 1. The molecule has 0 bridgehead atoms. The van der Waals surface area contributed by atoms with Crippen LogP contribution in [0.2, 0.25) is 0 Å². The van der Waals surface area contributed by atoms with Crippen molar-refractivity contribution in [3.8, 4) is 0 Å². The lowest BCUT2D eigenvalue weighted by Gasteiger charge is -2.14. The van der Waals surface area contributed by atoms with Gasteiger partial charge in [0.05, 0.1) is 6.54 Å². The zero-order chi connectivity index (χ0) is 11.4. The molecule has 0 saturated heterocycles. The van der Waals surface area contributed by atoms with Gasteiger partial charge in [0, 0.05) is 7.05 Å². The van der Waals surface area contributed by atoms with E-state index >= 15 is 0 Å². The Labute approximate surface area is 85.5 Å². The van der Waals surface area contributed by atoms with Crippen LogP contribution in [0, 0.1) is 0 Å². The molecule has 0 spiro atoms. The predicted molar refractivity (Wildman–Crippen MR) is 51.5 cm³/mol. The van der Waals surface area contributed by atoms with Gasteiger partial charge in [-0.2, -0.15) is 0 Å². The van der Waals surface area contributed by atoms with Gasteiger partial charge in [0.1, 0.15) is 0 Å². The molecule has 1 rings (SSSR count). The molecule has 0 aliphatic rings. The molecule has 7 nitrogen and oxygen atoms in total. The summed E-state index contributed by atoms with van der Waals surface area (Å²) in [7, 11) is 1.61. The molecule has 0 aromatic carbocycles. The Balaban J connectivity index is 2.79. The van der Waals surface area contributed by atoms with Gasteiger partial charge in [0.15, 0.2) is 11.5 Å². The van der Waals surface area contributed by atoms with Gasteiger partial charge in [-0.25, -0.2) is 4.79 Å². The summed E-state index contributed by atoms with van der Waals surface area (Å²) in [4.78, 5) is 22.5. The highest BCUT2D eigenvalue weighted by Crippen LogP contribution is 2.06. The summed E-state index contributed by atoms with van der Waals surface area (Å²) < 4.78 is 0. The van der Waals surface area contributed by atoms with Crippen LogP contribution < -0.4 is 10.6 Å². The number of hydrogen-bond donors (Lipinski definition) is 2. The molecular weight excluding hydrogens is 200 g/mol. The summed E-state index contributed by atoms with van der Waals surface area (Å²) in [6.45, 7) is 0.00109. The molecule has 0 saturated carbocycles. The van der Waals surface area contributed by atoms with Crippen LogP contribution in [0.25, 0.3) is 0 Å². The average Bonchev–Trinajstić information content (AvgIpc) is 2.17. The van der Waals surface area contributed by atoms with E-state index in [1.165, 1.54) is 17.0 Å². The number of aromatic nitrogens is 2. The number of carbonyl (C=O) groups is 2. The third-order valence-electron chi connectivity index (χ3n) is 1.65. The summed E-state index contributed by atoms with van der Waals surface area (Å²) in [5, 5.41) is 15.7. The number of hydrogen-bond acceptors (Lipinski definition) is 5. The fourth-order valence-electron chi connectivity index (χ4n) is 0.958. The molecule has 3 N–H and O–H groups in total. The van der Waals surface area contributed by atoms with Crippen LogP contribution in [-0.4, -0.2) is 40.8 Å². The summed E-state index contributed by atoms with van der Waals surface area (Å²) in [6, 6.07) is 2.77. The van der Waals surface area contributed by atoms with E-state index in [-0.39, 0.29) is 12.2 Å². The Morgan fingerprint density at radius 2 is 2.13 bits per heavy atom. The van der Waals surface area contributed by atoms with Crippen molar-refractivity contribution < 1.29 is 14.7 Å². The van der Waals surface area contributed by atoms with Crippen LogP contribution in [0.15, 0.2) is 12.1 Å². The highest BCUT2D eigenvalue weighted by Gasteiger charge is 2.08. The van der Waals surface area contributed by atoms with Crippen molar-refractivity contribution >= 4 is 17.7 Å². The Morgan fingerprint density at radius 1 is 1.47 bits per heavy atom. The van der Waals surface area contributed by atoms with Gasteiger partial charge in [0.25, 0.3) is 0 Å². The summed E-state index contributed by atoms with van der Waals surface area (Å²) in [6.07, 6.45) is 0. The first-order valence-electron chi connectivity index (χ1n) is 4.07. The normalized spacial score (nSPS) is 9.67. The number of rotatable bonds is 4. The molecule has 0 fully saturated rings. The number of carbonyl (C=O) groups excluding carboxylic acids is 1. The second-order valence-corrected chi connectivity index (χ2v) is 2.90. The van der Waals surface area contributed by atoms with Crippen molar-refractivity contribution in [2.24, 2.45) is 5.73 Å². The van der Waals surface area contributed by atoms with Gasteiger partial charge in [-0.3, -0.25) is 4.79 Å². The molecule has 1 aromatic rings. The van der Waals surface area contributed by atoms with E-state index in [4.69, 9.17) is 10.8 Å². The van der Waals surface area contributed by atoms with Crippen LogP contribution in [0.5, 0.6) is 0 Å². The zero-order valence-corrected chi connectivity index (χ0v) is 8.04. The standard InChI is InChI=1S/C8H10N4O3/c1-12(4-6(9)13)7-3-2-5(8(14)15)10-11-7/h2-3H,4H2,1H3,(H2,9,13)(H,14,15). The van der Waals surface area contributed by atoms with E-state index in [1.807, 2.05) is 0 Å². The lowest BCUT2D eigenvalue weighted by atomic mass is 10.4. The average molecular weight is 210 g/mol. The van der Waals surface area contributed by atoms with Crippen molar-refractivity contribution in [1.29, 1.82) is 0 Å². The van der Waals surface area contributed by atoms with E-state index in [0.717, 1.165) is 0 Å². The Kier molecular flexibility index (Phi) is 3.17. The van der Waals surface area contributed by atoms with Crippen LogP contribution in [-0.2, 0) is 4.79 Å². The molecular formula is C8H10N4O3. The topological polar surface area (TPSA) is 109 Å². The van der Waals surface area contributed by atoms with Crippen molar-refractivity contribution in [1.82, 2.24) is 10.2 Å².